The zero-order chi connectivity index (χ0) is 17.7. The van der Waals surface area contributed by atoms with E-state index in [1.807, 2.05) is 0 Å². The van der Waals surface area contributed by atoms with Gasteiger partial charge in [-0.1, -0.05) is 12.1 Å². The summed E-state index contributed by atoms with van der Waals surface area (Å²) in [6.45, 7) is 4.13. The van der Waals surface area contributed by atoms with Crippen LogP contribution in [0.1, 0.15) is 29.8 Å². The first kappa shape index (κ1) is 17.6. The standard InChI is InChI=1S/C16H17N3O4S/c1-3-19-14(21)11(13(20)18-16(19)24)9-17-12-8-6-5-7-10(12)15(22)23-4-2/h5-9,21H,3-4H2,1-2H3,(H,18,20,24). The SMILES string of the molecule is CCOC(=O)c1ccccc1N=Cc1c(O)n(CC)c(=S)[nH]c1=O. The number of carbonyl (C=O) groups is 1. The van der Waals surface area contributed by atoms with Crippen molar-refractivity contribution in [1.29, 1.82) is 0 Å². The molecule has 0 radical (unpaired) electrons. The quantitative estimate of drug-likeness (QED) is 0.492. The van der Waals surface area contributed by atoms with Gasteiger partial charge in [0.1, 0.15) is 5.56 Å². The molecule has 0 aliphatic rings. The van der Waals surface area contributed by atoms with E-state index in [0.717, 1.165) is 0 Å². The number of H-pyrrole nitrogens is 1. The molecular formula is C16H17N3O4S. The molecule has 7 nitrogen and oxygen atoms in total. The Morgan fingerprint density at radius 1 is 1.42 bits per heavy atom. The fraction of sp³-hybridized carbons (Fsp3) is 0.250. The normalized spacial score (nSPS) is 10.9. The predicted octanol–water partition coefficient (Wildman–Crippen LogP) is 2.56. The minimum Gasteiger partial charge on any atom is -0.494 e. The Hall–Kier alpha value is -2.74. The van der Waals surface area contributed by atoms with Crippen molar-refractivity contribution >= 4 is 30.1 Å². The Morgan fingerprint density at radius 2 is 2.12 bits per heavy atom. The van der Waals surface area contributed by atoms with E-state index in [1.165, 1.54) is 10.8 Å². The maximum absolute atomic E-state index is 12.0. The lowest BCUT2D eigenvalue weighted by Crippen LogP contribution is -2.18. The van der Waals surface area contributed by atoms with Gasteiger partial charge < -0.3 is 9.84 Å². The Morgan fingerprint density at radius 3 is 2.79 bits per heavy atom. The maximum Gasteiger partial charge on any atom is 0.340 e. The van der Waals surface area contributed by atoms with Crippen molar-refractivity contribution < 1.29 is 14.6 Å². The van der Waals surface area contributed by atoms with Crippen molar-refractivity contribution in [2.45, 2.75) is 20.4 Å². The maximum atomic E-state index is 12.0. The summed E-state index contributed by atoms with van der Waals surface area (Å²) >= 11 is 4.99. The highest BCUT2D eigenvalue weighted by Gasteiger charge is 2.13. The number of nitrogens with one attached hydrogen (secondary N) is 1. The summed E-state index contributed by atoms with van der Waals surface area (Å²) in [5.74, 6) is -0.781. The van der Waals surface area contributed by atoms with E-state index in [0.29, 0.717) is 12.2 Å². The van der Waals surface area contributed by atoms with Gasteiger partial charge in [-0.25, -0.2) is 4.79 Å². The monoisotopic (exact) mass is 347 g/mol. The first-order chi connectivity index (χ1) is 11.5. The summed E-state index contributed by atoms with van der Waals surface area (Å²) in [6.07, 6.45) is 1.20. The van der Waals surface area contributed by atoms with Gasteiger partial charge in [0.2, 0.25) is 5.88 Å². The number of aromatic amines is 1. The molecule has 0 saturated heterocycles. The van der Waals surface area contributed by atoms with Crippen LogP contribution in [0.4, 0.5) is 5.69 Å². The summed E-state index contributed by atoms with van der Waals surface area (Å²) in [7, 11) is 0. The minimum atomic E-state index is -0.556. The molecule has 24 heavy (non-hydrogen) atoms. The van der Waals surface area contributed by atoms with Gasteiger partial charge >= 0.3 is 5.97 Å². The number of para-hydroxylation sites is 1. The molecule has 2 rings (SSSR count). The number of hydrogen-bond acceptors (Lipinski definition) is 6. The van der Waals surface area contributed by atoms with Gasteiger partial charge in [-0.2, -0.15) is 0 Å². The van der Waals surface area contributed by atoms with Gasteiger partial charge in [0.05, 0.1) is 17.9 Å². The van der Waals surface area contributed by atoms with Crippen LogP contribution < -0.4 is 5.56 Å². The zero-order valence-corrected chi connectivity index (χ0v) is 14.1. The second kappa shape index (κ2) is 7.69. The van der Waals surface area contributed by atoms with Crippen molar-refractivity contribution in [2.24, 2.45) is 4.99 Å². The average molecular weight is 347 g/mol. The summed E-state index contributed by atoms with van der Waals surface area (Å²) in [5, 5.41) is 10.2. The van der Waals surface area contributed by atoms with E-state index in [2.05, 4.69) is 9.98 Å². The Balaban J connectivity index is 2.49. The van der Waals surface area contributed by atoms with Crippen molar-refractivity contribution in [2.75, 3.05) is 6.61 Å². The predicted molar refractivity (Wildman–Crippen MR) is 92.9 cm³/mol. The highest BCUT2D eigenvalue weighted by Crippen LogP contribution is 2.20. The fourth-order valence-electron chi connectivity index (χ4n) is 2.09. The Bertz CT molecular complexity index is 899. The molecule has 0 aliphatic heterocycles. The van der Waals surface area contributed by atoms with Gasteiger partial charge in [0.15, 0.2) is 4.77 Å². The van der Waals surface area contributed by atoms with Crippen LogP contribution in [0.2, 0.25) is 0 Å². The molecule has 0 aliphatic carbocycles. The topological polar surface area (TPSA) is 96.7 Å². The van der Waals surface area contributed by atoms with Crippen molar-refractivity contribution in [3.63, 3.8) is 0 Å². The van der Waals surface area contributed by atoms with Crippen LogP contribution in [0.3, 0.4) is 0 Å². The number of carbonyl (C=O) groups excluding carboxylic acids is 1. The number of rotatable bonds is 5. The largest absolute Gasteiger partial charge is 0.494 e. The molecule has 1 aromatic heterocycles. The second-order valence-corrected chi connectivity index (χ2v) is 5.12. The molecule has 2 aromatic rings. The van der Waals surface area contributed by atoms with E-state index in [1.54, 1.807) is 38.1 Å². The first-order valence-corrected chi connectivity index (χ1v) is 7.76. The number of esters is 1. The van der Waals surface area contributed by atoms with Crippen molar-refractivity contribution in [1.82, 2.24) is 9.55 Å². The summed E-state index contributed by atoms with van der Waals surface area (Å²) < 4.78 is 6.47. The third-order valence-corrected chi connectivity index (χ3v) is 3.58. The van der Waals surface area contributed by atoms with E-state index in [4.69, 9.17) is 17.0 Å². The molecule has 0 saturated carbocycles. The smallest absolute Gasteiger partial charge is 0.340 e. The van der Waals surface area contributed by atoms with Crippen LogP contribution >= 0.6 is 12.2 Å². The number of nitrogens with zero attached hydrogens (tertiary/aromatic N) is 2. The number of hydrogen-bond donors (Lipinski definition) is 2. The van der Waals surface area contributed by atoms with Crippen LogP contribution in [-0.2, 0) is 11.3 Å². The average Bonchev–Trinajstić information content (AvgIpc) is 2.55. The second-order valence-electron chi connectivity index (χ2n) is 4.74. The molecule has 126 valence electrons. The molecular weight excluding hydrogens is 330 g/mol. The molecule has 2 N–H and O–H groups in total. The molecule has 1 aromatic carbocycles. The molecule has 8 heteroatoms. The highest BCUT2D eigenvalue weighted by atomic mass is 32.1. The number of ether oxygens (including phenoxy) is 1. The lowest BCUT2D eigenvalue weighted by atomic mass is 10.2. The zero-order valence-electron chi connectivity index (χ0n) is 13.3. The van der Waals surface area contributed by atoms with Crippen LogP contribution in [0.25, 0.3) is 0 Å². The van der Waals surface area contributed by atoms with E-state index in [9.17, 15) is 14.7 Å². The molecule has 0 unspecified atom stereocenters. The van der Waals surface area contributed by atoms with E-state index in [-0.39, 0.29) is 28.4 Å². The number of benzene rings is 1. The number of aromatic hydroxyl groups is 1. The summed E-state index contributed by atoms with van der Waals surface area (Å²) in [6, 6.07) is 6.58. The Labute approximate surface area is 143 Å². The molecule has 0 amide bonds. The Kier molecular flexibility index (Phi) is 5.64. The summed E-state index contributed by atoms with van der Waals surface area (Å²) in [4.78, 5) is 30.5. The van der Waals surface area contributed by atoms with Crippen LogP contribution in [0, 0.1) is 4.77 Å². The molecule has 0 bridgehead atoms. The number of aliphatic imine (C=N–C) groups is 1. The van der Waals surface area contributed by atoms with E-state index < -0.39 is 11.5 Å². The lowest BCUT2D eigenvalue weighted by molar-refractivity contribution is 0.0527. The van der Waals surface area contributed by atoms with Crippen molar-refractivity contribution in [3.8, 4) is 5.88 Å². The lowest BCUT2D eigenvalue weighted by Gasteiger charge is -2.08. The van der Waals surface area contributed by atoms with Gasteiger partial charge in [0.25, 0.3) is 5.56 Å². The van der Waals surface area contributed by atoms with Gasteiger partial charge in [-0.15, -0.1) is 0 Å². The van der Waals surface area contributed by atoms with Crippen LogP contribution in [0.15, 0.2) is 34.1 Å². The molecule has 0 atom stereocenters. The van der Waals surface area contributed by atoms with Gasteiger partial charge in [-0.05, 0) is 38.2 Å². The third kappa shape index (κ3) is 3.60. The fourth-order valence-corrected chi connectivity index (χ4v) is 2.39. The van der Waals surface area contributed by atoms with Gasteiger partial charge in [-0.3, -0.25) is 19.3 Å². The van der Waals surface area contributed by atoms with Crippen LogP contribution in [0.5, 0.6) is 5.88 Å². The van der Waals surface area contributed by atoms with Crippen molar-refractivity contribution in [3.05, 3.63) is 50.5 Å². The highest BCUT2D eigenvalue weighted by molar-refractivity contribution is 7.71. The molecule has 0 fully saturated rings. The number of aromatic nitrogens is 2. The van der Waals surface area contributed by atoms with Gasteiger partial charge in [0, 0.05) is 12.8 Å². The third-order valence-electron chi connectivity index (χ3n) is 3.26. The molecule has 1 heterocycles. The summed E-state index contributed by atoms with van der Waals surface area (Å²) in [5.41, 5.74) is 0.0127. The molecule has 0 spiro atoms. The first-order valence-electron chi connectivity index (χ1n) is 7.35. The minimum absolute atomic E-state index is 0.0379. The van der Waals surface area contributed by atoms with Crippen LogP contribution in [-0.4, -0.2) is 33.4 Å². The van der Waals surface area contributed by atoms with E-state index >= 15 is 0 Å².